The molecular formula is C25H23BrClN3O4. The highest BCUT2D eigenvalue weighted by molar-refractivity contribution is 9.10. The molecule has 0 saturated carbocycles. The Hall–Kier alpha value is -3.36. The number of rotatable bonds is 7. The normalized spacial score (nSPS) is 10.7. The molecule has 3 rings (SSSR count). The van der Waals surface area contributed by atoms with E-state index in [1.807, 2.05) is 38.1 Å². The first kappa shape index (κ1) is 25.3. The Bertz CT molecular complexity index is 1230. The van der Waals surface area contributed by atoms with Crippen molar-refractivity contribution in [3.8, 4) is 11.5 Å². The predicted molar refractivity (Wildman–Crippen MR) is 137 cm³/mol. The van der Waals surface area contributed by atoms with Gasteiger partial charge in [-0.1, -0.05) is 41.4 Å². The van der Waals surface area contributed by atoms with Crippen molar-refractivity contribution < 1.29 is 19.1 Å². The second-order valence-corrected chi connectivity index (χ2v) is 8.71. The summed E-state index contributed by atoms with van der Waals surface area (Å²) in [6, 6.07) is 16.3. The largest absolute Gasteiger partial charge is 0.493 e. The monoisotopic (exact) mass is 543 g/mol. The zero-order valence-corrected chi connectivity index (χ0v) is 21.2. The number of hydrazone groups is 1. The molecule has 3 aromatic rings. The van der Waals surface area contributed by atoms with Gasteiger partial charge in [-0.05, 0) is 76.8 Å². The molecule has 0 heterocycles. The first-order valence-corrected chi connectivity index (χ1v) is 11.4. The van der Waals surface area contributed by atoms with Crippen LogP contribution in [0, 0.1) is 13.8 Å². The van der Waals surface area contributed by atoms with Crippen LogP contribution in [0.1, 0.15) is 22.3 Å². The van der Waals surface area contributed by atoms with Crippen molar-refractivity contribution in [2.45, 2.75) is 20.5 Å². The topological polar surface area (TPSA) is 89.0 Å². The molecule has 0 saturated heterocycles. The fourth-order valence-electron chi connectivity index (χ4n) is 3.04. The minimum atomic E-state index is -0.884. The van der Waals surface area contributed by atoms with Crippen molar-refractivity contribution in [1.29, 1.82) is 0 Å². The summed E-state index contributed by atoms with van der Waals surface area (Å²) in [5.41, 5.74) is 6.29. The van der Waals surface area contributed by atoms with E-state index in [9.17, 15) is 9.59 Å². The van der Waals surface area contributed by atoms with Gasteiger partial charge in [0.1, 0.15) is 6.61 Å². The van der Waals surface area contributed by atoms with Crippen LogP contribution in [-0.4, -0.2) is 25.1 Å². The molecule has 0 aliphatic rings. The van der Waals surface area contributed by atoms with E-state index in [2.05, 4.69) is 31.8 Å². The van der Waals surface area contributed by atoms with E-state index in [4.69, 9.17) is 21.1 Å². The number of hydrogen-bond acceptors (Lipinski definition) is 5. The molecule has 0 bridgehead atoms. The average Bonchev–Trinajstić information content (AvgIpc) is 2.80. The van der Waals surface area contributed by atoms with E-state index in [1.54, 1.807) is 30.3 Å². The standard InChI is InChI=1S/C25H23BrClN3O4/c1-15-4-9-21(16(2)10-15)29-24(31)25(32)30-28-13-18-11-20(26)23(22(12-18)33-3)34-14-17-5-7-19(27)8-6-17/h4-13H,14H2,1-3H3,(H,29,31)(H,30,32)/b28-13+. The Morgan fingerprint density at radius 3 is 2.47 bits per heavy atom. The number of carbonyl (C=O) groups excluding carboxylic acids is 2. The molecule has 176 valence electrons. The van der Waals surface area contributed by atoms with Crippen LogP contribution < -0.4 is 20.2 Å². The van der Waals surface area contributed by atoms with Gasteiger partial charge in [-0.2, -0.15) is 5.10 Å². The quantitative estimate of drug-likeness (QED) is 0.237. The van der Waals surface area contributed by atoms with Gasteiger partial charge in [-0.15, -0.1) is 0 Å². The maximum Gasteiger partial charge on any atom is 0.329 e. The van der Waals surface area contributed by atoms with Crippen LogP contribution in [0.4, 0.5) is 5.69 Å². The van der Waals surface area contributed by atoms with Crippen LogP contribution in [0.5, 0.6) is 11.5 Å². The van der Waals surface area contributed by atoms with Crippen molar-refractivity contribution in [3.05, 3.63) is 86.3 Å². The lowest BCUT2D eigenvalue weighted by Crippen LogP contribution is -2.32. The summed E-state index contributed by atoms with van der Waals surface area (Å²) in [4.78, 5) is 24.3. The lowest BCUT2D eigenvalue weighted by atomic mass is 10.1. The number of amides is 2. The number of hydrogen-bond donors (Lipinski definition) is 2. The summed E-state index contributed by atoms with van der Waals surface area (Å²) in [5.74, 6) is -0.700. The summed E-state index contributed by atoms with van der Waals surface area (Å²) in [6.07, 6.45) is 1.40. The van der Waals surface area contributed by atoms with E-state index in [-0.39, 0.29) is 0 Å². The van der Waals surface area contributed by atoms with Crippen LogP contribution >= 0.6 is 27.5 Å². The molecule has 7 nitrogen and oxygen atoms in total. The second kappa shape index (κ2) is 11.7. The van der Waals surface area contributed by atoms with Gasteiger partial charge in [0.05, 0.1) is 17.8 Å². The highest BCUT2D eigenvalue weighted by atomic mass is 79.9. The van der Waals surface area contributed by atoms with Crippen molar-refractivity contribution >= 4 is 51.2 Å². The van der Waals surface area contributed by atoms with E-state index >= 15 is 0 Å². The number of anilines is 1. The summed E-state index contributed by atoms with van der Waals surface area (Å²) in [7, 11) is 1.52. The maximum absolute atomic E-state index is 12.2. The molecule has 0 aromatic heterocycles. The van der Waals surface area contributed by atoms with Crippen molar-refractivity contribution in [1.82, 2.24) is 5.43 Å². The van der Waals surface area contributed by atoms with E-state index in [1.165, 1.54) is 13.3 Å². The van der Waals surface area contributed by atoms with Crippen molar-refractivity contribution in [2.75, 3.05) is 12.4 Å². The predicted octanol–water partition coefficient (Wildman–Crippen LogP) is 5.40. The number of ether oxygens (including phenoxy) is 2. The van der Waals surface area contributed by atoms with E-state index in [0.29, 0.717) is 38.9 Å². The second-order valence-electron chi connectivity index (χ2n) is 7.42. The Kier molecular flexibility index (Phi) is 8.67. The van der Waals surface area contributed by atoms with Gasteiger partial charge in [0.15, 0.2) is 11.5 Å². The molecular weight excluding hydrogens is 522 g/mol. The molecule has 0 aliphatic heterocycles. The molecule has 2 amide bonds. The number of aryl methyl sites for hydroxylation is 2. The molecule has 9 heteroatoms. The first-order chi connectivity index (χ1) is 16.3. The third kappa shape index (κ3) is 6.82. The van der Waals surface area contributed by atoms with Crippen molar-refractivity contribution in [2.24, 2.45) is 5.10 Å². The zero-order valence-electron chi connectivity index (χ0n) is 18.8. The molecule has 3 aromatic carbocycles. The van der Waals surface area contributed by atoms with E-state index < -0.39 is 11.8 Å². The van der Waals surface area contributed by atoms with E-state index in [0.717, 1.165) is 16.7 Å². The van der Waals surface area contributed by atoms with Crippen LogP contribution in [0.3, 0.4) is 0 Å². The van der Waals surface area contributed by atoms with Gasteiger partial charge < -0.3 is 14.8 Å². The highest BCUT2D eigenvalue weighted by Gasteiger charge is 2.15. The fourth-order valence-corrected chi connectivity index (χ4v) is 3.74. The lowest BCUT2D eigenvalue weighted by molar-refractivity contribution is -0.136. The Morgan fingerprint density at radius 1 is 1.06 bits per heavy atom. The molecule has 2 N–H and O–H groups in total. The van der Waals surface area contributed by atoms with Crippen LogP contribution in [-0.2, 0) is 16.2 Å². The highest BCUT2D eigenvalue weighted by Crippen LogP contribution is 2.37. The summed E-state index contributed by atoms with van der Waals surface area (Å²) in [5, 5.41) is 7.10. The van der Waals surface area contributed by atoms with Gasteiger partial charge in [0, 0.05) is 10.7 Å². The molecule has 34 heavy (non-hydrogen) atoms. The average molecular weight is 545 g/mol. The number of nitrogens with one attached hydrogen (secondary N) is 2. The number of methoxy groups -OCH3 is 1. The maximum atomic E-state index is 12.2. The Morgan fingerprint density at radius 2 is 1.79 bits per heavy atom. The third-order valence-electron chi connectivity index (χ3n) is 4.76. The van der Waals surface area contributed by atoms with Gasteiger partial charge in [-0.25, -0.2) is 5.43 Å². The van der Waals surface area contributed by atoms with Gasteiger partial charge in [0.2, 0.25) is 0 Å². The third-order valence-corrected chi connectivity index (χ3v) is 5.61. The minimum absolute atomic E-state index is 0.325. The van der Waals surface area contributed by atoms with Crippen LogP contribution in [0.25, 0.3) is 0 Å². The van der Waals surface area contributed by atoms with Crippen LogP contribution in [0.2, 0.25) is 5.02 Å². The number of nitrogens with zero attached hydrogens (tertiary/aromatic N) is 1. The zero-order chi connectivity index (χ0) is 24.7. The fraction of sp³-hybridized carbons (Fsp3) is 0.160. The van der Waals surface area contributed by atoms with Gasteiger partial charge >= 0.3 is 11.8 Å². The Labute approximate surface area is 211 Å². The Balaban J connectivity index is 1.62. The molecule has 0 spiro atoms. The molecule has 0 radical (unpaired) electrons. The smallest absolute Gasteiger partial charge is 0.329 e. The summed E-state index contributed by atoms with van der Waals surface area (Å²) < 4.78 is 12.0. The number of benzene rings is 3. The SMILES string of the molecule is COc1cc(/C=N/NC(=O)C(=O)Nc2ccc(C)cc2C)cc(Br)c1OCc1ccc(Cl)cc1. The summed E-state index contributed by atoms with van der Waals surface area (Å²) in [6.45, 7) is 4.13. The molecule has 0 unspecified atom stereocenters. The number of halogens is 2. The van der Waals surface area contributed by atoms with Gasteiger partial charge in [-0.3, -0.25) is 9.59 Å². The first-order valence-electron chi connectivity index (χ1n) is 10.2. The molecule has 0 atom stereocenters. The van der Waals surface area contributed by atoms with Crippen molar-refractivity contribution in [3.63, 3.8) is 0 Å². The molecule has 0 fully saturated rings. The number of carbonyl (C=O) groups is 2. The van der Waals surface area contributed by atoms with Gasteiger partial charge in [0.25, 0.3) is 0 Å². The van der Waals surface area contributed by atoms with Crippen LogP contribution in [0.15, 0.2) is 64.2 Å². The lowest BCUT2D eigenvalue weighted by Gasteiger charge is -2.13. The minimum Gasteiger partial charge on any atom is -0.493 e. The summed E-state index contributed by atoms with van der Waals surface area (Å²) >= 11 is 9.39. The molecule has 0 aliphatic carbocycles.